The van der Waals surface area contributed by atoms with Crippen molar-refractivity contribution in [2.75, 3.05) is 0 Å². The summed E-state index contributed by atoms with van der Waals surface area (Å²) < 4.78 is 39.9. The highest BCUT2D eigenvalue weighted by molar-refractivity contribution is 5.34. The molecule has 0 saturated heterocycles. The average Bonchev–Trinajstić information content (AvgIpc) is 2.82. The second-order valence-electron chi connectivity index (χ2n) is 5.07. The van der Waals surface area contributed by atoms with Gasteiger partial charge in [-0.2, -0.15) is 18.3 Å². The summed E-state index contributed by atoms with van der Waals surface area (Å²) in [5.41, 5.74) is -0.124. The molecule has 0 fully saturated rings. The molecule has 1 heterocycles. The molecule has 2 aromatic rings. The summed E-state index contributed by atoms with van der Waals surface area (Å²) in [6, 6.07) is 6.57. The van der Waals surface area contributed by atoms with Crippen molar-refractivity contribution in [2.45, 2.75) is 32.1 Å². The third kappa shape index (κ3) is 3.59. The van der Waals surface area contributed by atoms with Gasteiger partial charge in [-0.15, -0.1) is 0 Å². The molecule has 0 aliphatic rings. The lowest BCUT2D eigenvalue weighted by molar-refractivity contribution is -0.142. The first-order chi connectivity index (χ1) is 10.3. The first-order valence-electron chi connectivity index (χ1n) is 6.94. The summed E-state index contributed by atoms with van der Waals surface area (Å²) in [4.78, 5) is 0. The molecule has 1 aromatic heterocycles. The Kier molecular flexibility index (Phi) is 4.75. The number of aromatic nitrogens is 2. The molecule has 1 aromatic carbocycles. The minimum absolute atomic E-state index is 0.0233. The van der Waals surface area contributed by atoms with Crippen LogP contribution in [0.15, 0.2) is 30.5 Å². The number of nitrogens with one attached hydrogen (secondary N) is 1. The van der Waals surface area contributed by atoms with E-state index in [4.69, 9.17) is 0 Å². The molecule has 120 valence electrons. The molecule has 0 saturated carbocycles. The Hall–Kier alpha value is -2.02. The zero-order valence-electron chi connectivity index (χ0n) is 12.4. The summed E-state index contributed by atoms with van der Waals surface area (Å²) >= 11 is 0. The first kappa shape index (κ1) is 16.4. The summed E-state index contributed by atoms with van der Waals surface area (Å²) in [6.07, 6.45) is -2.48. The van der Waals surface area contributed by atoms with Crippen LogP contribution in [0.2, 0.25) is 0 Å². The molecule has 0 bridgehead atoms. The van der Waals surface area contributed by atoms with Crippen LogP contribution in [0.25, 0.3) is 0 Å². The lowest BCUT2D eigenvalue weighted by Gasteiger charge is -2.18. The maximum Gasteiger partial charge on any atom is 0.435 e. The van der Waals surface area contributed by atoms with Crippen LogP contribution >= 0.6 is 0 Å². The first-order valence-corrected chi connectivity index (χ1v) is 6.94. The number of aromatic hydroxyl groups is 1. The Bertz CT molecular complexity index is 637. The smallest absolute Gasteiger partial charge is 0.435 e. The zero-order valence-corrected chi connectivity index (χ0v) is 12.4. The van der Waals surface area contributed by atoms with Crippen molar-refractivity contribution in [3.8, 4) is 5.75 Å². The normalized spacial score (nSPS) is 13.3. The maximum absolute atomic E-state index is 12.9. The predicted molar refractivity (Wildman–Crippen MR) is 76.2 cm³/mol. The third-order valence-electron chi connectivity index (χ3n) is 3.43. The summed E-state index contributed by atoms with van der Waals surface area (Å²) in [6.45, 7) is 1.92. The van der Waals surface area contributed by atoms with E-state index >= 15 is 0 Å². The van der Waals surface area contributed by atoms with Crippen LogP contribution in [0.5, 0.6) is 5.75 Å². The highest BCUT2D eigenvalue weighted by atomic mass is 19.4. The highest BCUT2D eigenvalue weighted by Gasteiger charge is 2.36. The van der Waals surface area contributed by atoms with Gasteiger partial charge in [0.15, 0.2) is 5.69 Å². The summed E-state index contributed by atoms with van der Waals surface area (Å²) in [5.74, 6) is 0.129. The Balaban J connectivity index is 2.17. The van der Waals surface area contributed by atoms with Crippen LogP contribution in [0.1, 0.15) is 36.2 Å². The molecule has 1 atom stereocenters. The van der Waals surface area contributed by atoms with Gasteiger partial charge in [0.2, 0.25) is 0 Å². The lowest BCUT2D eigenvalue weighted by atomic mass is 10.0. The molecular formula is C15H18F3N3O. The van der Waals surface area contributed by atoms with Crippen molar-refractivity contribution in [1.82, 2.24) is 15.1 Å². The SMILES string of the molecule is CC[C@H](NCc1cn(C)nc1C(F)(F)F)c1ccccc1O. The fourth-order valence-electron chi connectivity index (χ4n) is 2.40. The van der Waals surface area contributed by atoms with E-state index in [0.717, 1.165) is 4.68 Å². The van der Waals surface area contributed by atoms with Crippen molar-refractivity contribution in [1.29, 1.82) is 0 Å². The number of alkyl halides is 3. The molecule has 0 unspecified atom stereocenters. The second kappa shape index (κ2) is 6.39. The van der Waals surface area contributed by atoms with E-state index in [1.54, 1.807) is 24.3 Å². The van der Waals surface area contributed by atoms with Crippen LogP contribution in [-0.4, -0.2) is 14.9 Å². The summed E-state index contributed by atoms with van der Waals surface area (Å²) in [5, 5.41) is 16.4. The third-order valence-corrected chi connectivity index (χ3v) is 3.43. The predicted octanol–water partition coefficient (Wildman–Crippen LogP) is 3.39. The van der Waals surface area contributed by atoms with Crippen LogP contribution in [0, 0.1) is 0 Å². The Morgan fingerprint density at radius 2 is 2.00 bits per heavy atom. The van der Waals surface area contributed by atoms with Crippen molar-refractivity contribution >= 4 is 0 Å². The molecule has 0 radical (unpaired) electrons. The maximum atomic E-state index is 12.9. The molecule has 2 rings (SSSR count). The number of hydrogen-bond donors (Lipinski definition) is 2. The van der Waals surface area contributed by atoms with E-state index in [1.165, 1.54) is 13.2 Å². The van der Waals surface area contributed by atoms with Gasteiger partial charge < -0.3 is 10.4 Å². The standard InChI is InChI=1S/C15H18F3N3O/c1-3-12(11-6-4-5-7-13(11)22)19-8-10-9-21(2)20-14(10)15(16,17)18/h4-7,9,12,19,22H,3,8H2,1-2H3/t12-/m0/s1. The molecule has 22 heavy (non-hydrogen) atoms. The van der Waals surface area contributed by atoms with Gasteiger partial charge in [-0.1, -0.05) is 25.1 Å². The number of rotatable bonds is 5. The highest BCUT2D eigenvalue weighted by Crippen LogP contribution is 2.31. The largest absolute Gasteiger partial charge is 0.508 e. The van der Waals surface area contributed by atoms with Crippen molar-refractivity contribution < 1.29 is 18.3 Å². The van der Waals surface area contributed by atoms with Crippen molar-refractivity contribution in [3.05, 3.63) is 47.3 Å². The minimum Gasteiger partial charge on any atom is -0.508 e. The van der Waals surface area contributed by atoms with Crippen LogP contribution < -0.4 is 5.32 Å². The zero-order chi connectivity index (χ0) is 16.3. The molecule has 0 aliphatic carbocycles. The number of hydrogen-bond acceptors (Lipinski definition) is 3. The van der Waals surface area contributed by atoms with E-state index in [0.29, 0.717) is 12.0 Å². The molecule has 0 spiro atoms. The number of phenols is 1. The molecule has 4 nitrogen and oxygen atoms in total. The monoisotopic (exact) mass is 313 g/mol. The van der Waals surface area contributed by atoms with Gasteiger partial charge in [0.05, 0.1) is 0 Å². The molecular weight excluding hydrogens is 295 g/mol. The van der Waals surface area contributed by atoms with Gasteiger partial charge in [0, 0.05) is 37.0 Å². The molecule has 7 heteroatoms. The Morgan fingerprint density at radius 3 is 2.59 bits per heavy atom. The van der Waals surface area contributed by atoms with Gasteiger partial charge in [0.25, 0.3) is 0 Å². The lowest BCUT2D eigenvalue weighted by Crippen LogP contribution is -2.22. The van der Waals surface area contributed by atoms with Gasteiger partial charge in [0.1, 0.15) is 5.75 Å². The number of para-hydroxylation sites is 1. The van der Waals surface area contributed by atoms with Crippen LogP contribution in [-0.2, 0) is 19.8 Å². The molecule has 0 amide bonds. The minimum atomic E-state index is -4.48. The van der Waals surface area contributed by atoms with Crippen LogP contribution in [0.4, 0.5) is 13.2 Å². The van der Waals surface area contributed by atoms with Crippen molar-refractivity contribution in [3.63, 3.8) is 0 Å². The second-order valence-corrected chi connectivity index (χ2v) is 5.07. The van der Waals surface area contributed by atoms with E-state index in [2.05, 4.69) is 10.4 Å². The van der Waals surface area contributed by atoms with E-state index in [9.17, 15) is 18.3 Å². The van der Waals surface area contributed by atoms with E-state index in [-0.39, 0.29) is 23.9 Å². The number of aryl methyl sites for hydroxylation is 1. The fraction of sp³-hybridized carbons (Fsp3) is 0.400. The number of nitrogens with zero attached hydrogens (tertiary/aromatic N) is 2. The van der Waals surface area contributed by atoms with Crippen molar-refractivity contribution in [2.24, 2.45) is 7.05 Å². The number of halogens is 3. The van der Waals surface area contributed by atoms with E-state index < -0.39 is 11.9 Å². The number of phenolic OH excluding ortho intramolecular Hbond substituents is 1. The van der Waals surface area contributed by atoms with Gasteiger partial charge in [-0.3, -0.25) is 4.68 Å². The van der Waals surface area contributed by atoms with Gasteiger partial charge in [-0.05, 0) is 12.5 Å². The quantitative estimate of drug-likeness (QED) is 0.889. The van der Waals surface area contributed by atoms with Crippen LogP contribution in [0.3, 0.4) is 0 Å². The van der Waals surface area contributed by atoms with Gasteiger partial charge >= 0.3 is 6.18 Å². The average molecular weight is 313 g/mol. The Morgan fingerprint density at radius 1 is 1.32 bits per heavy atom. The summed E-state index contributed by atoms with van der Waals surface area (Å²) in [7, 11) is 1.46. The van der Waals surface area contributed by atoms with Gasteiger partial charge in [-0.25, -0.2) is 0 Å². The van der Waals surface area contributed by atoms with E-state index in [1.807, 2.05) is 6.92 Å². The Labute approximate surface area is 126 Å². The molecule has 2 N–H and O–H groups in total. The molecule has 0 aliphatic heterocycles. The number of benzene rings is 1. The topological polar surface area (TPSA) is 50.1 Å². The fourth-order valence-corrected chi connectivity index (χ4v) is 2.40.